The van der Waals surface area contributed by atoms with Gasteiger partial charge in [0.2, 0.25) is 0 Å². The molecule has 0 aliphatic heterocycles. The molecule has 0 saturated carbocycles. The summed E-state index contributed by atoms with van der Waals surface area (Å²) in [5.41, 5.74) is -0.859. The first kappa shape index (κ1) is 24.4. The summed E-state index contributed by atoms with van der Waals surface area (Å²) in [6.45, 7) is 10.7. The number of esters is 2. The number of rotatable bonds is 5. The van der Waals surface area contributed by atoms with Gasteiger partial charge in [-0.25, -0.2) is 0 Å². The van der Waals surface area contributed by atoms with Crippen LogP contribution in [0.25, 0.3) is 0 Å². The van der Waals surface area contributed by atoms with Crippen LogP contribution in [0.1, 0.15) is 53.2 Å². The minimum Gasteiger partial charge on any atom is -1.00 e. The highest BCUT2D eigenvalue weighted by Crippen LogP contribution is 2.34. The third-order valence-electron chi connectivity index (χ3n) is 3.38. The van der Waals surface area contributed by atoms with Crippen LogP contribution < -0.4 is 27.2 Å². The first-order chi connectivity index (χ1) is 11.4. The summed E-state index contributed by atoms with van der Waals surface area (Å²) < 4.78 is 10.8. The number of likely N-dealkylation sites (N-methyl/N-ethyl adjacent to an activating group) is 1. The van der Waals surface area contributed by atoms with Crippen molar-refractivity contribution < 1.29 is 36.6 Å². The zero-order valence-electron chi connectivity index (χ0n) is 16.5. The Kier molecular flexibility index (Phi) is 8.76. The maximum Gasteiger partial charge on any atom is 0.316 e. The zero-order chi connectivity index (χ0) is 19.4. The molecule has 0 aliphatic rings. The lowest BCUT2D eigenvalue weighted by Gasteiger charge is -2.21. The van der Waals surface area contributed by atoms with Gasteiger partial charge in [-0.2, -0.15) is 0 Å². The minimum absolute atomic E-state index is 0. The molecule has 1 rings (SSSR count). The quantitative estimate of drug-likeness (QED) is 0.540. The van der Waals surface area contributed by atoms with Gasteiger partial charge in [-0.15, -0.1) is 0 Å². The molecule has 1 aromatic rings. The molecule has 1 aromatic carbocycles. The SMILES string of the molecule is CNCC(O)c1ccc(OC(=O)C(C)(C)C)c(OC(=O)C(C)(C)C)c1.[Cl-]. The van der Waals surface area contributed by atoms with Crippen LogP contribution >= 0.6 is 0 Å². The third-order valence-corrected chi connectivity index (χ3v) is 3.38. The maximum absolute atomic E-state index is 12.2. The van der Waals surface area contributed by atoms with E-state index in [1.807, 2.05) is 0 Å². The van der Waals surface area contributed by atoms with Crippen LogP contribution in [0.15, 0.2) is 18.2 Å². The molecule has 0 radical (unpaired) electrons. The van der Waals surface area contributed by atoms with Gasteiger partial charge >= 0.3 is 11.9 Å². The molecule has 0 bridgehead atoms. The van der Waals surface area contributed by atoms with E-state index in [0.717, 1.165) is 0 Å². The van der Waals surface area contributed by atoms with Crippen LogP contribution in [0.2, 0.25) is 0 Å². The summed E-state index contributed by atoms with van der Waals surface area (Å²) in [7, 11) is 1.73. The molecule has 6 nitrogen and oxygen atoms in total. The molecule has 1 unspecified atom stereocenters. The van der Waals surface area contributed by atoms with Crippen molar-refractivity contribution in [2.75, 3.05) is 13.6 Å². The largest absolute Gasteiger partial charge is 1.00 e. The van der Waals surface area contributed by atoms with Crippen LogP contribution in [0.3, 0.4) is 0 Å². The zero-order valence-corrected chi connectivity index (χ0v) is 17.2. The number of benzene rings is 1. The molecule has 0 heterocycles. The molecular weight excluding hydrogens is 358 g/mol. The summed E-state index contributed by atoms with van der Waals surface area (Å²) in [6, 6.07) is 4.70. The standard InChI is InChI=1S/C19H29NO5.ClH/c1-18(2,3)16(22)24-14-9-8-12(13(21)11-20-7)10-15(14)25-17(23)19(4,5)6;/h8-10,13,20-21H,11H2,1-7H3;1H/p-1. The Balaban J connectivity index is 0.00000625. The number of hydrogen-bond donors (Lipinski definition) is 2. The molecule has 0 saturated heterocycles. The van der Waals surface area contributed by atoms with E-state index in [-0.39, 0.29) is 23.9 Å². The molecule has 0 spiro atoms. The van der Waals surface area contributed by atoms with E-state index in [4.69, 9.17) is 9.47 Å². The van der Waals surface area contributed by atoms with Gasteiger partial charge in [0, 0.05) is 6.54 Å². The molecule has 0 fully saturated rings. The van der Waals surface area contributed by atoms with E-state index < -0.39 is 28.9 Å². The van der Waals surface area contributed by atoms with Gasteiger partial charge in [0.05, 0.1) is 16.9 Å². The van der Waals surface area contributed by atoms with Crippen LogP contribution in [-0.2, 0) is 9.59 Å². The smallest absolute Gasteiger partial charge is 0.316 e. The Morgan fingerprint density at radius 2 is 1.46 bits per heavy atom. The average molecular weight is 387 g/mol. The molecule has 1 atom stereocenters. The van der Waals surface area contributed by atoms with Gasteiger partial charge in [-0.1, -0.05) is 6.07 Å². The average Bonchev–Trinajstić information content (AvgIpc) is 2.47. The Hall–Kier alpha value is -1.63. The van der Waals surface area contributed by atoms with Crippen molar-refractivity contribution in [2.24, 2.45) is 10.8 Å². The van der Waals surface area contributed by atoms with Crippen molar-refractivity contribution in [3.63, 3.8) is 0 Å². The second-order valence-electron chi connectivity index (χ2n) is 8.06. The summed E-state index contributed by atoms with van der Waals surface area (Å²) in [5, 5.41) is 13.0. The second kappa shape index (κ2) is 9.35. The third kappa shape index (κ3) is 6.94. The molecule has 2 N–H and O–H groups in total. The molecule has 0 aliphatic carbocycles. The van der Waals surface area contributed by atoms with Gasteiger partial charge in [0.15, 0.2) is 11.5 Å². The summed E-state index contributed by atoms with van der Waals surface area (Å²) in [4.78, 5) is 24.4. The van der Waals surface area contributed by atoms with Crippen molar-refractivity contribution in [1.82, 2.24) is 5.32 Å². The lowest BCUT2D eigenvalue weighted by molar-refractivity contribution is -0.145. The highest BCUT2D eigenvalue weighted by atomic mass is 35.5. The predicted molar refractivity (Wildman–Crippen MR) is 95.5 cm³/mol. The number of halogens is 1. The normalized spacial score (nSPS) is 12.8. The van der Waals surface area contributed by atoms with E-state index in [2.05, 4.69) is 5.32 Å². The maximum atomic E-state index is 12.2. The van der Waals surface area contributed by atoms with E-state index >= 15 is 0 Å². The van der Waals surface area contributed by atoms with Crippen LogP contribution in [0.5, 0.6) is 11.5 Å². The fourth-order valence-electron chi connectivity index (χ4n) is 1.71. The Bertz CT molecular complexity index is 632. The van der Waals surface area contributed by atoms with Crippen LogP contribution in [0, 0.1) is 10.8 Å². The highest BCUT2D eigenvalue weighted by molar-refractivity contribution is 5.81. The van der Waals surface area contributed by atoms with Crippen molar-refractivity contribution in [1.29, 1.82) is 0 Å². The van der Waals surface area contributed by atoms with Crippen LogP contribution in [-0.4, -0.2) is 30.6 Å². The second-order valence-corrected chi connectivity index (χ2v) is 8.06. The Morgan fingerprint density at radius 1 is 1.00 bits per heavy atom. The summed E-state index contributed by atoms with van der Waals surface area (Å²) in [6.07, 6.45) is -0.774. The van der Waals surface area contributed by atoms with Crippen molar-refractivity contribution in [3.8, 4) is 11.5 Å². The highest BCUT2D eigenvalue weighted by Gasteiger charge is 2.28. The first-order valence-electron chi connectivity index (χ1n) is 8.27. The number of hydrogen-bond acceptors (Lipinski definition) is 6. The number of nitrogens with one attached hydrogen (secondary N) is 1. The number of aliphatic hydroxyl groups is 1. The predicted octanol–water partition coefficient (Wildman–Crippen LogP) is -0.154. The van der Waals surface area contributed by atoms with Gasteiger partial charge in [0.25, 0.3) is 0 Å². The Labute approximate surface area is 161 Å². The molecular formula is C19H29ClNO5-. The van der Waals surface area contributed by atoms with E-state index in [9.17, 15) is 14.7 Å². The number of carbonyl (C=O) groups is 2. The molecule has 0 aromatic heterocycles. The first-order valence-corrected chi connectivity index (χ1v) is 8.27. The van der Waals surface area contributed by atoms with Gasteiger partial charge in [-0.3, -0.25) is 9.59 Å². The summed E-state index contributed by atoms with van der Waals surface area (Å²) >= 11 is 0. The molecule has 26 heavy (non-hydrogen) atoms. The van der Waals surface area contributed by atoms with Crippen LogP contribution in [0.4, 0.5) is 0 Å². The van der Waals surface area contributed by atoms with Crippen molar-refractivity contribution in [2.45, 2.75) is 47.6 Å². The molecule has 148 valence electrons. The van der Waals surface area contributed by atoms with Gasteiger partial charge in [0.1, 0.15) is 0 Å². The lowest BCUT2D eigenvalue weighted by atomic mass is 9.97. The Morgan fingerprint density at radius 3 is 1.88 bits per heavy atom. The van der Waals surface area contributed by atoms with Gasteiger partial charge < -0.3 is 32.3 Å². The van der Waals surface area contributed by atoms with Crippen molar-refractivity contribution >= 4 is 11.9 Å². The molecule has 0 amide bonds. The number of carbonyl (C=O) groups excluding carboxylic acids is 2. The monoisotopic (exact) mass is 386 g/mol. The lowest BCUT2D eigenvalue weighted by Crippen LogP contribution is -3.00. The number of ether oxygens (including phenoxy) is 2. The van der Waals surface area contributed by atoms with Crippen molar-refractivity contribution in [3.05, 3.63) is 23.8 Å². The molecule has 7 heteroatoms. The van der Waals surface area contributed by atoms with Gasteiger partial charge in [-0.05, 0) is 66.3 Å². The fraction of sp³-hybridized carbons (Fsp3) is 0.579. The van der Waals surface area contributed by atoms with E-state index in [1.54, 1.807) is 54.7 Å². The minimum atomic E-state index is -0.774. The van der Waals surface area contributed by atoms with E-state index in [1.165, 1.54) is 12.1 Å². The summed E-state index contributed by atoms with van der Waals surface area (Å²) in [5.74, 6) is -0.631. The topological polar surface area (TPSA) is 84.9 Å². The van der Waals surface area contributed by atoms with E-state index in [0.29, 0.717) is 12.1 Å². The number of aliphatic hydroxyl groups excluding tert-OH is 1. The fourth-order valence-corrected chi connectivity index (χ4v) is 1.71.